The van der Waals surface area contributed by atoms with Gasteiger partial charge in [0.15, 0.2) is 17.2 Å². The largest absolute Gasteiger partial charge is 0.493 e. The molecule has 1 N–H and O–H groups in total. The van der Waals surface area contributed by atoms with Gasteiger partial charge in [-0.15, -0.1) is 0 Å². The van der Waals surface area contributed by atoms with Crippen LogP contribution in [0.2, 0.25) is 0 Å². The van der Waals surface area contributed by atoms with Crippen LogP contribution in [0.1, 0.15) is 48.9 Å². The molecule has 26 heavy (non-hydrogen) atoms. The Morgan fingerprint density at radius 2 is 1.62 bits per heavy atom. The first-order valence-corrected chi connectivity index (χ1v) is 9.48. The Bertz CT molecular complexity index is 791. The van der Waals surface area contributed by atoms with Crippen molar-refractivity contribution >= 4 is 5.71 Å². The first kappa shape index (κ1) is 18.5. The molecule has 1 aliphatic rings. The summed E-state index contributed by atoms with van der Waals surface area (Å²) in [4.78, 5) is 3.63. The summed E-state index contributed by atoms with van der Waals surface area (Å²) in [6, 6.07) is 13.3. The second-order valence-electron chi connectivity index (χ2n) is 7.52. The van der Waals surface area contributed by atoms with Gasteiger partial charge in [-0.25, -0.2) is 4.99 Å². The van der Waals surface area contributed by atoms with Gasteiger partial charge in [-0.1, -0.05) is 38.1 Å². The van der Waals surface area contributed by atoms with Gasteiger partial charge in [0.1, 0.15) is 6.54 Å². The van der Waals surface area contributed by atoms with E-state index >= 15 is 0 Å². The average Bonchev–Trinajstić information content (AvgIpc) is 2.65. The Morgan fingerprint density at radius 3 is 2.23 bits per heavy atom. The van der Waals surface area contributed by atoms with Crippen LogP contribution in [-0.2, 0) is 12.8 Å². The normalized spacial score (nSPS) is 14.6. The maximum absolute atomic E-state index is 5.52. The van der Waals surface area contributed by atoms with E-state index in [9.17, 15) is 0 Å². The van der Waals surface area contributed by atoms with Gasteiger partial charge in [-0.2, -0.15) is 0 Å². The first-order valence-electron chi connectivity index (χ1n) is 9.48. The molecule has 1 unspecified atom stereocenters. The minimum atomic E-state index is 0.306. The number of methoxy groups -OCH3 is 2. The molecule has 3 rings (SSSR count). The summed E-state index contributed by atoms with van der Waals surface area (Å²) in [5.74, 6) is 2.58. The van der Waals surface area contributed by atoms with Gasteiger partial charge in [-0.3, -0.25) is 0 Å². The number of hydrogen-bond donors (Lipinski definition) is 1. The van der Waals surface area contributed by atoms with E-state index in [0.717, 1.165) is 30.9 Å². The van der Waals surface area contributed by atoms with Gasteiger partial charge in [0.05, 0.1) is 20.1 Å². The topological polar surface area (TPSA) is 32.4 Å². The number of hydrogen-bond acceptors (Lipinski definition) is 2. The molecule has 0 saturated carbocycles. The van der Waals surface area contributed by atoms with E-state index in [1.165, 1.54) is 28.0 Å². The molecule has 2 aromatic carbocycles. The van der Waals surface area contributed by atoms with Crippen molar-refractivity contribution < 1.29 is 14.5 Å². The van der Waals surface area contributed by atoms with Crippen LogP contribution in [0, 0.1) is 5.92 Å². The predicted octanol–water partition coefficient (Wildman–Crippen LogP) is 3.13. The number of fused-ring (bicyclic) bond motifs is 1. The van der Waals surface area contributed by atoms with Crippen LogP contribution in [0.4, 0.5) is 0 Å². The smallest absolute Gasteiger partial charge is 0.189 e. The number of rotatable bonds is 6. The lowest BCUT2D eigenvalue weighted by Crippen LogP contribution is -2.76. The van der Waals surface area contributed by atoms with Gasteiger partial charge in [0.25, 0.3) is 0 Å². The molecule has 0 aliphatic carbocycles. The molecule has 0 bridgehead atoms. The third-order valence-electron chi connectivity index (χ3n) is 5.17. The van der Waals surface area contributed by atoms with Crippen molar-refractivity contribution in [2.24, 2.45) is 5.92 Å². The highest BCUT2D eigenvalue weighted by Gasteiger charge is 2.28. The fraction of sp³-hybridized carbons (Fsp3) is 0.435. The Balaban J connectivity index is 1.91. The van der Waals surface area contributed by atoms with Crippen LogP contribution in [0.15, 0.2) is 36.4 Å². The van der Waals surface area contributed by atoms with E-state index in [4.69, 9.17) is 9.47 Å². The molecule has 0 radical (unpaired) electrons. The molecule has 1 heterocycles. The Kier molecular flexibility index (Phi) is 5.65. The summed E-state index contributed by atoms with van der Waals surface area (Å²) in [6.07, 6.45) is 2.13. The van der Waals surface area contributed by atoms with Crippen molar-refractivity contribution in [3.05, 3.63) is 58.7 Å². The van der Waals surface area contributed by atoms with Crippen LogP contribution in [0.25, 0.3) is 0 Å². The van der Waals surface area contributed by atoms with Gasteiger partial charge in [0.2, 0.25) is 0 Å². The summed E-state index contributed by atoms with van der Waals surface area (Å²) < 4.78 is 11.0. The highest BCUT2D eigenvalue weighted by molar-refractivity contribution is 6.03. The summed E-state index contributed by atoms with van der Waals surface area (Å²) in [6.45, 7) is 7.74. The molecule has 0 saturated heterocycles. The van der Waals surface area contributed by atoms with E-state index < -0.39 is 0 Å². The first-order chi connectivity index (χ1) is 12.5. The summed E-state index contributed by atoms with van der Waals surface area (Å²) in [5, 5.41) is 0. The minimum Gasteiger partial charge on any atom is -0.493 e. The van der Waals surface area contributed by atoms with Crippen molar-refractivity contribution in [2.45, 2.75) is 39.5 Å². The molecular formula is C23H30NO2+. The lowest BCUT2D eigenvalue weighted by Gasteiger charge is -2.20. The third-order valence-corrected chi connectivity index (χ3v) is 5.17. The quantitative estimate of drug-likeness (QED) is 0.866. The van der Waals surface area contributed by atoms with Gasteiger partial charge in [-0.05, 0) is 48.1 Å². The van der Waals surface area contributed by atoms with Crippen LogP contribution >= 0.6 is 0 Å². The van der Waals surface area contributed by atoms with Crippen LogP contribution in [0.5, 0.6) is 11.5 Å². The predicted molar refractivity (Wildman–Crippen MR) is 107 cm³/mol. The SMILES string of the molecule is COc1cc2c(cc1OC)C(C(C)c1ccc(CC(C)C)cc1)=[NH+]CC2. The average molecular weight is 352 g/mol. The highest BCUT2D eigenvalue weighted by Crippen LogP contribution is 2.33. The maximum Gasteiger partial charge on any atom is 0.189 e. The lowest BCUT2D eigenvalue weighted by molar-refractivity contribution is -0.459. The molecule has 0 fully saturated rings. The van der Waals surface area contributed by atoms with Gasteiger partial charge in [0, 0.05) is 12.0 Å². The van der Waals surface area contributed by atoms with E-state index in [-0.39, 0.29) is 0 Å². The van der Waals surface area contributed by atoms with Crippen LogP contribution in [-0.4, -0.2) is 26.5 Å². The van der Waals surface area contributed by atoms with E-state index in [0.29, 0.717) is 11.8 Å². The molecule has 3 nitrogen and oxygen atoms in total. The van der Waals surface area contributed by atoms with E-state index in [1.807, 2.05) is 0 Å². The Morgan fingerprint density at radius 1 is 0.962 bits per heavy atom. The van der Waals surface area contributed by atoms with Crippen molar-refractivity contribution in [3.8, 4) is 11.5 Å². The Hall–Kier alpha value is -2.29. The van der Waals surface area contributed by atoms with Crippen molar-refractivity contribution in [2.75, 3.05) is 20.8 Å². The highest BCUT2D eigenvalue weighted by atomic mass is 16.5. The standard InChI is InChI=1S/C23H29NO2/c1-15(2)12-17-6-8-18(9-7-17)16(3)23-20-14-22(26-5)21(25-4)13-19(20)10-11-24-23/h6-9,13-16H,10-12H2,1-5H3/p+1. The van der Waals surface area contributed by atoms with E-state index in [1.54, 1.807) is 14.2 Å². The molecular weight excluding hydrogens is 322 g/mol. The fourth-order valence-corrected chi connectivity index (χ4v) is 3.77. The number of benzene rings is 2. The molecule has 2 aromatic rings. The maximum atomic E-state index is 5.52. The van der Waals surface area contributed by atoms with Gasteiger partial charge >= 0.3 is 0 Å². The summed E-state index contributed by atoms with van der Waals surface area (Å²) >= 11 is 0. The Labute approximate surface area is 157 Å². The zero-order chi connectivity index (χ0) is 18.7. The molecule has 3 heteroatoms. The van der Waals surface area contributed by atoms with Gasteiger partial charge < -0.3 is 9.47 Å². The molecule has 0 spiro atoms. The zero-order valence-corrected chi connectivity index (χ0v) is 16.6. The van der Waals surface area contributed by atoms with Crippen molar-refractivity contribution in [1.29, 1.82) is 0 Å². The monoisotopic (exact) mass is 352 g/mol. The van der Waals surface area contributed by atoms with Crippen molar-refractivity contribution in [1.82, 2.24) is 0 Å². The minimum absolute atomic E-state index is 0.306. The second-order valence-corrected chi connectivity index (χ2v) is 7.52. The van der Waals surface area contributed by atoms with Crippen LogP contribution in [0.3, 0.4) is 0 Å². The molecule has 1 atom stereocenters. The molecule has 1 aliphatic heterocycles. The van der Waals surface area contributed by atoms with E-state index in [2.05, 4.69) is 62.2 Å². The number of nitrogens with one attached hydrogen (secondary N) is 1. The van der Waals surface area contributed by atoms with Crippen LogP contribution < -0.4 is 14.5 Å². The summed E-state index contributed by atoms with van der Waals surface area (Å²) in [5.41, 5.74) is 6.57. The zero-order valence-electron chi connectivity index (χ0n) is 16.6. The molecule has 138 valence electrons. The second kappa shape index (κ2) is 7.94. The van der Waals surface area contributed by atoms with Crippen molar-refractivity contribution in [3.63, 3.8) is 0 Å². The fourth-order valence-electron chi connectivity index (χ4n) is 3.77. The lowest BCUT2D eigenvalue weighted by atomic mass is 9.86. The summed E-state index contributed by atoms with van der Waals surface area (Å²) in [7, 11) is 3.38. The molecule has 0 amide bonds. The third kappa shape index (κ3) is 3.77. The molecule has 0 aromatic heterocycles. The number of ether oxygens (including phenoxy) is 2.